The van der Waals surface area contributed by atoms with Gasteiger partial charge in [0.05, 0.1) is 13.1 Å². The lowest BCUT2D eigenvalue weighted by molar-refractivity contribution is -0.145. The van der Waals surface area contributed by atoms with Gasteiger partial charge in [0, 0.05) is 12.7 Å². The van der Waals surface area contributed by atoms with E-state index in [0.717, 1.165) is 5.56 Å². The molecular weight excluding hydrogens is 276 g/mol. The fourth-order valence-corrected chi connectivity index (χ4v) is 2.47. The van der Waals surface area contributed by atoms with Crippen molar-refractivity contribution in [3.8, 4) is 0 Å². The van der Waals surface area contributed by atoms with Crippen molar-refractivity contribution in [1.29, 1.82) is 0 Å². The standard InChI is InChI=1S/C12H14N6O3/c13-9-3-7(1-2-14-9)4-17-6-10-15-16-12(21)18(10)5-8(17)11(19)20/h1-3,8H,4-6H2,(H2,13,14)(H,16,21)(H,19,20). The Bertz CT molecular complexity index is 737. The molecule has 2 aromatic rings. The number of rotatable bonds is 3. The lowest BCUT2D eigenvalue weighted by atomic mass is 10.1. The van der Waals surface area contributed by atoms with Crippen LogP contribution in [0.15, 0.2) is 23.1 Å². The van der Waals surface area contributed by atoms with Crippen molar-refractivity contribution in [1.82, 2.24) is 24.6 Å². The molecule has 0 radical (unpaired) electrons. The van der Waals surface area contributed by atoms with E-state index < -0.39 is 12.0 Å². The SMILES string of the molecule is Nc1cc(CN2Cc3n[nH]c(=O)n3CC2C(=O)O)ccn1. The smallest absolute Gasteiger partial charge is 0.343 e. The summed E-state index contributed by atoms with van der Waals surface area (Å²) in [5.41, 5.74) is 6.11. The second-order valence-corrected chi connectivity index (χ2v) is 4.90. The first-order valence-electron chi connectivity index (χ1n) is 6.36. The number of anilines is 1. The summed E-state index contributed by atoms with van der Waals surface area (Å²) < 4.78 is 1.36. The zero-order valence-corrected chi connectivity index (χ0v) is 11.1. The Morgan fingerprint density at radius 3 is 3.10 bits per heavy atom. The van der Waals surface area contributed by atoms with Gasteiger partial charge in [-0.05, 0) is 17.7 Å². The minimum Gasteiger partial charge on any atom is -0.480 e. The molecule has 9 nitrogen and oxygen atoms in total. The molecule has 3 rings (SSSR count). The number of hydrogen-bond acceptors (Lipinski definition) is 6. The number of carboxylic acid groups (broad SMARTS) is 1. The predicted molar refractivity (Wildman–Crippen MR) is 72.2 cm³/mol. The van der Waals surface area contributed by atoms with E-state index in [2.05, 4.69) is 15.2 Å². The van der Waals surface area contributed by atoms with Crippen LogP contribution in [-0.4, -0.2) is 41.8 Å². The Kier molecular flexibility index (Phi) is 3.18. The number of pyridine rings is 1. The maximum Gasteiger partial charge on any atom is 0.343 e. The number of carbonyl (C=O) groups is 1. The molecule has 1 aliphatic heterocycles. The number of aromatic amines is 1. The van der Waals surface area contributed by atoms with Crippen molar-refractivity contribution in [3.05, 3.63) is 40.2 Å². The minimum absolute atomic E-state index is 0.0700. The molecule has 9 heteroatoms. The molecule has 1 atom stereocenters. The van der Waals surface area contributed by atoms with E-state index in [0.29, 0.717) is 18.2 Å². The van der Waals surface area contributed by atoms with Gasteiger partial charge >= 0.3 is 11.7 Å². The maximum atomic E-state index is 11.6. The Morgan fingerprint density at radius 1 is 1.57 bits per heavy atom. The van der Waals surface area contributed by atoms with Crippen LogP contribution in [-0.2, 0) is 24.4 Å². The van der Waals surface area contributed by atoms with Gasteiger partial charge in [0.15, 0.2) is 0 Å². The monoisotopic (exact) mass is 290 g/mol. The van der Waals surface area contributed by atoms with Crippen LogP contribution >= 0.6 is 0 Å². The van der Waals surface area contributed by atoms with Gasteiger partial charge in [-0.15, -0.1) is 0 Å². The normalized spacial score (nSPS) is 18.4. The second kappa shape index (κ2) is 5.02. The number of fused-ring (bicyclic) bond motifs is 1. The molecule has 21 heavy (non-hydrogen) atoms. The van der Waals surface area contributed by atoms with Crippen molar-refractivity contribution in [3.63, 3.8) is 0 Å². The topological polar surface area (TPSA) is 130 Å². The van der Waals surface area contributed by atoms with Crippen LogP contribution in [0.25, 0.3) is 0 Å². The molecule has 0 bridgehead atoms. The molecule has 1 aliphatic rings. The van der Waals surface area contributed by atoms with Gasteiger partial charge in [-0.25, -0.2) is 14.9 Å². The van der Waals surface area contributed by atoms with E-state index in [-0.39, 0.29) is 18.8 Å². The van der Waals surface area contributed by atoms with Gasteiger partial charge < -0.3 is 10.8 Å². The number of nitrogens with zero attached hydrogens (tertiary/aromatic N) is 4. The van der Waals surface area contributed by atoms with Crippen LogP contribution < -0.4 is 11.4 Å². The zero-order valence-electron chi connectivity index (χ0n) is 11.1. The number of H-pyrrole nitrogens is 1. The lowest BCUT2D eigenvalue weighted by Gasteiger charge is -2.32. The number of nitrogen functional groups attached to an aromatic ring is 1. The highest BCUT2D eigenvalue weighted by Gasteiger charge is 2.33. The quantitative estimate of drug-likeness (QED) is 0.662. The molecule has 110 valence electrons. The molecule has 3 heterocycles. The third-order valence-electron chi connectivity index (χ3n) is 3.49. The van der Waals surface area contributed by atoms with Crippen molar-refractivity contribution >= 4 is 11.8 Å². The highest BCUT2D eigenvalue weighted by Crippen LogP contribution is 2.18. The van der Waals surface area contributed by atoms with Crippen molar-refractivity contribution in [2.45, 2.75) is 25.7 Å². The first kappa shape index (κ1) is 13.3. The fraction of sp³-hybridized carbons (Fsp3) is 0.333. The van der Waals surface area contributed by atoms with Gasteiger partial charge in [-0.2, -0.15) is 5.10 Å². The van der Waals surface area contributed by atoms with E-state index in [1.807, 2.05) is 0 Å². The van der Waals surface area contributed by atoms with Gasteiger partial charge in [-0.1, -0.05) is 0 Å². The molecule has 0 amide bonds. The molecule has 1 unspecified atom stereocenters. The van der Waals surface area contributed by atoms with Crippen LogP contribution in [0.5, 0.6) is 0 Å². The lowest BCUT2D eigenvalue weighted by Crippen LogP contribution is -2.49. The van der Waals surface area contributed by atoms with Gasteiger partial charge in [-0.3, -0.25) is 14.3 Å². The predicted octanol–water partition coefficient (Wildman–Crippen LogP) is -0.982. The van der Waals surface area contributed by atoms with Crippen LogP contribution in [0.4, 0.5) is 5.82 Å². The largest absolute Gasteiger partial charge is 0.480 e. The van der Waals surface area contributed by atoms with E-state index >= 15 is 0 Å². The number of aliphatic carboxylic acids is 1. The summed E-state index contributed by atoms with van der Waals surface area (Å²) in [6, 6.07) is 2.69. The average molecular weight is 290 g/mol. The molecular formula is C12H14N6O3. The number of carboxylic acids is 1. The minimum atomic E-state index is -0.976. The molecule has 4 N–H and O–H groups in total. The van der Waals surface area contributed by atoms with Crippen LogP contribution in [0, 0.1) is 0 Å². The van der Waals surface area contributed by atoms with E-state index in [1.54, 1.807) is 23.2 Å². The number of nitrogens with two attached hydrogens (primary N) is 1. The van der Waals surface area contributed by atoms with Gasteiger partial charge in [0.1, 0.15) is 17.7 Å². The van der Waals surface area contributed by atoms with E-state index in [9.17, 15) is 14.7 Å². The first-order valence-corrected chi connectivity index (χ1v) is 6.36. The summed E-state index contributed by atoms with van der Waals surface area (Å²) in [4.78, 5) is 28.6. The fourth-order valence-electron chi connectivity index (χ4n) is 2.47. The summed E-state index contributed by atoms with van der Waals surface area (Å²) in [7, 11) is 0. The van der Waals surface area contributed by atoms with E-state index in [4.69, 9.17) is 5.73 Å². The van der Waals surface area contributed by atoms with E-state index in [1.165, 1.54) is 4.57 Å². The highest BCUT2D eigenvalue weighted by atomic mass is 16.4. The van der Waals surface area contributed by atoms with Crippen LogP contribution in [0.2, 0.25) is 0 Å². The van der Waals surface area contributed by atoms with Gasteiger partial charge in [0.25, 0.3) is 0 Å². The molecule has 2 aromatic heterocycles. The molecule has 0 saturated carbocycles. The Hall–Kier alpha value is -2.68. The first-order chi connectivity index (χ1) is 10.0. The third-order valence-corrected chi connectivity index (χ3v) is 3.49. The van der Waals surface area contributed by atoms with Gasteiger partial charge in [0.2, 0.25) is 0 Å². The van der Waals surface area contributed by atoms with Crippen LogP contribution in [0.1, 0.15) is 11.4 Å². The number of hydrogen-bond donors (Lipinski definition) is 3. The summed E-state index contributed by atoms with van der Waals surface area (Å²) in [5.74, 6) is -0.0663. The Labute approximate surface area is 119 Å². The molecule has 0 aromatic carbocycles. The molecule has 0 saturated heterocycles. The number of nitrogens with one attached hydrogen (secondary N) is 1. The van der Waals surface area contributed by atoms with Crippen molar-refractivity contribution in [2.75, 3.05) is 5.73 Å². The second-order valence-electron chi connectivity index (χ2n) is 4.90. The van der Waals surface area contributed by atoms with Crippen LogP contribution in [0.3, 0.4) is 0 Å². The molecule has 0 aliphatic carbocycles. The molecule has 0 fully saturated rings. The zero-order chi connectivity index (χ0) is 15.0. The summed E-state index contributed by atoms with van der Waals surface area (Å²) >= 11 is 0. The maximum absolute atomic E-state index is 11.6. The Balaban J connectivity index is 1.89. The Morgan fingerprint density at radius 2 is 2.38 bits per heavy atom. The average Bonchev–Trinajstić information content (AvgIpc) is 2.79. The summed E-state index contributed by atoms with van der Waals surface area (Å²) in [6.07, 6.45) is 1.58. The highest BCUT2D eigenvalue weighted by molar-refractivity contribution is 5.73. The van der Waals surface area contributed by atoms with Crippen molar-refractivity contribution in [2.24, 2.45) is 0 Å². The summed E-state index contributed by atoms with van der Waals surface area (Å²) in [5, 5.41) is 15.6. The third kappa shape index (κ3) is 2.50. The molecule has 0 spiro atoms. The summed E-state index contributed by atoms with van der Waals surface area (Å²) in [6.45, 7) is 0.739. The van der Waals surface area contributed by atoms with Crippen molar-refractivity contribution < 1.29 is 9.90 Å². The number of aromatic nitrogens is 4.